The third kappa shape index (κ3) is 3.14. The van der Waals surface area contributed by atoms with Gasteiger partial charge in [0.05, 0.1) is 17.9 Å². The number of carbonyl (C=O) groups is 2. The zero-order valence-electron chi connectivity index (χ0n) is 13.5. The quantitative estimate of drug-likeness (QED) is 0.840. The summed E-state index contributed by atoms with van der Waals surface area (Å²) in [5.74, 6) is -2.08. The molecule has 5 nitrogen and oxygen atoms in total. The predicted octanol–water partition coefficient (Wildman–Crippen LogP) is 1.76. The summed E-state index contributed by atoms with van der Waals surface area (Å²) in [5.41, 5.74) is 0.661. The van der Waals surface area contributed by atoms with Gasteiger partial charge in [-0.05, 0) is 25.1 Å². The molecule has 5 heteroatoms. The lowest BCUT2D eigenvalue weighted by Crippen LogP contribution is -2.36. The van der Waals surface area contributed by atoms with Gasteiger partial charge in [-0.15, -0.1) is 0 Å². The Balaban J connectivity index is 1.99. The molecule has 3 atom stereocenters. The minimum Gasteiger partial charge on any atom is -0.481 e. The van der Waals surface area contributed by atoms with Crippen LogP contribution in [0.25, 0.3) is 0 Å². The van der Waals surface area contributed by atoms with E-state index in [1.165, 1.54) is 0 Å². The zero-order chi connectivity index (χ0) is 16.5. The van der Waals surface area contributed by atoms with Gasteiger partial charge in [0.1, 0.15) is 0 Å². The van der Waals surface area contributed by atoms with Crippen LogP contribution >= 0.6 is 0 Å². The Kier molecular flexibility index (Phi) is 4.56. The highest BCUT2D eigenvalue weighted by Crippen LogP contribution is 2.58. The third-order valence-electron chi connectivity index (χ3n) is 4.65. The van der Waals surface area contributed by atoms with Crippen molar-refractivity contribution in [2.24, 2.45) is 17.3 Å². The van der Waals surface area contributed by atoms with Gasteiger partial charge in [-0.25, -0.2) is 0 Å². The van der Waals surface area contributed by atoms with Gasteiger partial charge in [-0.3, -0.25) is 9.59 Å². The first-order valence-corrected chi connectivity index (χ1v) is 7.48. The van der Waals surface area contributed by atoms with E-state index in [-0.39, 0.29) is 11.9 Å². The van der Waals surface area contributed by atoms with E-state index in [0.29, 0.717) is 6.54 Å². The van der Waals surface area contributed by atoms with Crippen LogP contribution in [0.2, 0.25) is 0 Å². The Morgan fingerprint density at radius 1 is 1.23 bits per heavy atom. The summed E-state index contributed by atoms with van der Waals surface area (Å²) in [7, 11) is 3.93. The molecule has 0 bridgehead atoms. The number of nitrogens with one attached hydrogen (secondary N) is 1. The van der Waals surface area contributed by atoms with Gasteiger partial charge < -0.3 is 15.3 Å². The van der Waals surface area contributed by atoms with Gasteiger partial charge in [0.2, 0.25) is 5.91 Å². The second-order valence-electron chi connectivity index (χ2n) is 6.75. The lowest BCUT2D eigenvalue weighted by atomic mass is 10.1. The second kappa shape index (κ2) is 6.08. The number of benzene rings is 1. The van der Waals surface area contributed by atoms with Crippen LogP contribution in [0.15, 0.2) is 30.3 Å². The number of aliphatic carboxylic acids is 1. The van der Waals surface area contributed by atoms with Crippen molar-refractivity contribution >= 4 is 11.9 Å². The molecule has 1 saturated carbocycles. The molecule has 0 saturated heterocycles. The average Bonchev–Trinajstić information content (AvgIpc) is 3.03. The summed E-state index contributed by atoms with van der Waals surface area (Å²) in [5, 5.41) is 12.1. The Hall–Kier alpha value is -1.88. The van der Waals surface area contributed by atoms with Crippen molar-refractivity contribution in [3.8, 4) is 0 Å². The molecule has 1 amide bonds. The van der Waals surface area contributed by atoms with Crippen molar-refractivity contribution in [2.45, 2.75) is 19.9 Å². The van der Waals surface area contributed by atoms with Crippen LogP contribution < -0.4 is 5.32 Å². The van der Waals surface area contributed by atoms with Gasteiger partial charge >= 0.3 is 5.97 Å². The summed E-state index contributed by atoms with van der Waals surface area (Å²) in [6.07, 6.45) is 0. The first kappa shape index (κ1) is 16.5. The highest BCUT2D eigenvalue weighted by Gasteiger charge is 2.65. The molecule has 22 heavy (non-hydrogen) atoms. The average molecular weight is 304 g/mol. The lowest BCUT2D eigenvalue weighted by molar-refractivity contribution is -0.140. The smallest absolute Gasteiger partial charge is 0.307 e. The van der Waals surface area contributed by atoms with Gasteiger partial charge in [-0.2, -0.15) is 0 Å². The lowest BCUT2D eigenvalue weighted by Gasteiger charge is -2.25. The molecule has 2 N–H and O–H groups in total. The standard InChI is InChI=1S/C17H24N2O3/c1-17(2)13(14(17)16(21)22)15(20)18-10-12(19(3)4)11-8-6-5-7-9-11/h5-9,12-14H,10H2,1-4H3,(H,18,20)(H,21,22)/t12-,13+,14-/m0/s1. The molecule has 0 radical (unpaired) electrons. The molecule has 2 rings (SSSR count). The molecule has 0 spiro atoms. The molecule has 120 valence electrons. The highest BCUT2D eigenvalue weighted by molar-refractivity contribution is 5.91. The fraction of sp³-hybridized carbons (Fsp3) is 0.529. The second-order valence-corrected chi connectivity index (χ2v) is 6.75. The number of carboxylic acid groups (broad SMARTS) is 1. The molecule has 1 aliphatic carbocycles. The summed E-state index contributed by atoms with van der Waals surface area (Å²) in [6.45, 7) is 4.13. The maximum Gasteiger partial charge on any atom is 0.307 e. The van der Waals surface area contributed by atoms with E-state index in [1.807, 2.05) is 63.2 Å². The zero-order valence-corrected chi connectivity index (χ0v) is 13.5. The Morgan fingerprint density at radius 3 is 2.27 bits per heavy atom. The van der Waals surface area contributed by atoms with Crippen molar-refractivity contribution in [3.63, 3.8) is 0 Å². The number of nitrogens with zero attached hydrogens (tertiary/aromatic N) is 1. The van der Waals surface area contributed by atoms with E-state index in [9.17, 15) is 9.59 Å². The first-order chi connectivity index (χ1) is 10.3. The molecule has 0 unspecified atom stereocenters. The monoisotopic (exact) mass is 304 g/mol. The van der Waals surface area contributed by atoms with Crippen LogP contribution in [0, 0.1) is 17.3 Å². The van der Waals surface area contributed by atoms with Crippen LogP contribution in [0.3, 0.4) is 0 Å². The van der Waals surface area contributed by atoms with Crippen molar-refractivity contribution in [2.75, 3.05) is 20.6 Å². The van der Waals surface area contributed by atoms with Crippen LogP contribution in [-0.2, 0) is 9.59 Å². The minimum absolute atomic E-state index is 0.0651. The number of carbonyl (C=O) groups excluding carboxylic acids is 1. The topological polar surface area (TPSA) is 69.6 Å². The number of rotatable bonds is 6. The predicted molar refractivity (Wildman–Crippen MR) is 84.3 cm³/mol. The fourth-order valence-electron chi connectivity index (χ4n) is 3.17. The van der Waals surface area contributed by atoms with Crippen molar-refractivity contribution in [3.05, 3.63) is 35.9 Å². The van der Waals surface area contributed by atoms with Crippen molar-refractivity contribution < 1.29 is 14.7 Å². The van der Waals surface area contributed by atoms with Crippen molar-refractivity contribution in [1.29, 1.82) is 0 Å². The van der Waals surface area contributed by atoms with Gasteiger partial charge in [-0.1, -0.05) is 44.2 Å². The summed E-state index contributed by atoms with van der Waals surface area (Å²) in [6, 6.07) is 10.0. The Morgan fingerprint density at radius 2 is 1.82 bits per heavy atom. The van der Waals surface area contributed by atoms with E-state index >= 15 is 0 Å². The maximum absolute atomic E-state index is 12.3. The molecule has 0 aromatic heterocycles. The molecule has 1 aliphatic rings. The van der Waals surface area contributed by atoms with Gasteiger partial charge in [0, 0.05) is 6.54 Å². The van der Waals surface area contributed by atoms with Gasteiger partial charge in [0.15, 0.2) is 0 Å². The molecule has 0 aliphatic heterocycles. The molecule has 0 heterocycles. The van der Waals surface area contributed by atoms with Crippen LogP contribution in [0.5, 0.6) is 0 Å². The van der Waals surface area contributed by atoms with Crippen LogP contribution in [-0.4, -0.2) is 42.5 Å². The van der Waals surface area contributed by atoms with E-state index in [2.05, 4.69) is 5.32 Å². The maximum atomic E-state index is 12.3. The number of hydrogen-bond donors (Lipinski definition) is 2. The summed E-state index contributed by atoms with van der Waals surface area (Å²) < 4.78 is 0. The molecular weight excluding hydrogens is 280 g/mol. The Labute approximate surface area is 131 Å². The minimum atomic E-state index is -0.891. The van der Waals surface area contributed by atoms with Crippen molar-refractivity contribution in [1.82, 2.24) is 10.2 Å². The number of carboxylic acids is 1. The molecule has 1 fully saturated rings. The number of likely N-dealkylation sites (N-methyl/N-ethyl adjacent to an activating group) is 1. The van der Waals surface area contributed by atoms with Gasteiger partial charge in [0.25, 0.3) is 0 Å². The SMILES string of the molecule is CN(C)[C@@H](CNC(=O)[C@H]1[C@@H](C(=O)O)C1(C)C)c1ccccc1. The molecule has 1 aromatic rings. The summed E-state index contributed by atoms with van der Waals surface area (Å²) in [4.78, 5) is 25.5. The Bertz CT molecular complexity index is 554. The number of hydrogen-bond acceptors (Lipinski definition) is 3. The third-order valence-corrected chi connectivity index (χ3v) is 4.65. The molecule has 1 aromatic carbocycles. The summed E-state index contributed by atoms with van der Waals surface area (Å²) >= 11 is 0. The normalized spacial score (nSPS) is 23.9. The van der Waals surface area contributed by atoms with Crippen LogP contribution in [0.1, 0.15) is 25.5 Å². The highest BCUT2D eigenvalue weighted by atomic mass is 16.4. The van der Waals surface area contributed by atoms with Crippen LogP contribution in [0.4, 0.5) is 0 Å². The molecular formula is C17H24N2O3. The first-order valence-electron chi connectivity index (χ1n) is 7.48. The van der Waals surface area contributed by atoms with E-state index in [4.69, 9.17) is 5.11 Å². The van der Waals surface area contributed by atoms with E-state index in [1.54, 1.807) is 0 Å². The number of amides is 1. The van der Waals surface area contributed by atoms with E-state index in [0.717, 1.165) is 5.56 Å². The fourth-order valence-corrected chi connectivity index (χ4v) is 3.17. The largest absolute Gasteiger partial charge is 0.481 e. The van der Waals surface area contributed by atoms with E-state index < -0.39 is 23.2 Å².